The molecule has 1 aliphatic rings. The zero-order chi connectivity index (χ0) is 22.0. The summed E-state index contributed by atoms with van der Waals surface area (Å²) in [6.07, 6.45) is 1.47. The van der Waals surface area contributed by atoms with Gasteiger partial charge in [0, 0.05) is 18.3 Å². The Morgan fingerprint density at radius 1 is 1.29 bits per heavy atom. The molecule has 0 aliphatic carbocycles. The van der Waals surface area contributed by atoms with E-state index in [4.69, 9.17) is 14.5 Å². The summed E-state index contributed by atoms with van der Waals surface area (Å²) < 4.78 is 13.1. The summed E-state index contributed by atoms with van der Waals surface area (Å²) in [5.74, 6) is 1.61. The van der Waals surface area contributed by atoms with E-state index in [2.05, 4.69) is 19.2 Å². The van der Waals surface area contributed by atoms with Gasteiger partial charge in [0.25, 0.3) is 5.56 Å². The number of thioether (sulfide) groups is 1. The van der Waals surface area contributed by atoms with Crippen LogP contribution in [0, 0.1) is 5.92 Å². The fourth-order valence-corrected chi connectivity index (χ4v) is 5.06. The largest absolute Gasteiger partial charge is 0.454 e. The molecule has 0 spiro atoms. The normalized spacial score (nSPS) is 13.7. The minimum Gasteiger partial charge on any atom is -0.454 e. The monoisotopic (exact) mass is 459 g/mol. The molecule has 1 aromatic carbocycles. The molecule has 3 aromatic rings. The highest BCUT2D eigenvalue weighted by Gasteiger charge is 2.23. The number of hydrogen-bond acceptors (Lipinski definition) is 7. The fraction of sp³-hybridized carbons (Fsp3) is 0.409. The number of carbonyl (C=O) groups is 1. The van der Waals surface area contributed by atoms with Gasteiger partial charge in [0.2, 0.25) is 12.7 Å². The Kier molecular flexibility index (Phi) is 6.52. The third-order valence-corrected chi connectivity index (χ3v) is 7.26. The van der Waals surface area contributed by atoms with Crippen LogP contribution in [0.5, 0.6) is 11.5 Å². The van der Waals surface area contributed by atoms with Crippen LogP contribution >= 0.6 is 23.1 Å². The van der Waals surface area contributed by atoms with Crippen LogP contribution in [0.4, 0.5) is 5.69 Å². The van der Waals surface area contributed by atoms with Gasteiger partial charge in [0.15, 0.2) is 16.7 Å². The van der Waals surface area contributed by atoms with E-state index in [0.717, 1.165) is 6.42 Å². The highest BCUT2D eigenvalue weighted by Crippen LogP contribution is 2.35. The molecule has 0 saturated heterocycles. The standard InChI is InChI=1S/C22H25N3O4S2/c1-4-18(20(26)23-14-5-6-16-17(11-14)29-12-28-16)31-22-24-15-8-10-30-19(15)21(27)25(22)9-7-13(2)3/h5-6,8,10-11,13,18H,4,7,9,12H2,1-3H3,(H,23,26)/t18-/m0/s1. The maximum atomic E-state index is 13.1. The van der Waals surface area contributed by atoms with Crippen LogP contribution in [0.3, 0.4) is 0 Å². The fourth-order valence-electron chi connectivity index (χ4n) is 3.24. The molecule has 1 N–H and O–H groups in total. The number of nitrogens with one attached hydrogen (secondary N) is 1. The van der Waals surface area contributed by atoms with Crippen molar-refractivity contribution in [2.24, 2.45) is 5.92 Å². The quantitative estimate of drug-likeness (QED) is 0.387. The van der Waals surface area contributed by atoms with Gasteiger partial charge in [0.1, 0.15) is 4.70 Å². The molecular weight excluding hydrogens is 434 g/mol. The van der Waals surface area contributed by atoms with Crippen molar-refractivity contribution in [1.29, 1.82) is 0 Å². The average molecular weight is 460 g/mol. The zero-order valence-electron chi connectivity index (χ0n) is 17.7. The summed E-state index contributed by atoms with van der Waals surface area (Å²) >= 11 is 2.75. The van der Waals surface area contributed by atoms with E-state index in [1.54, 1.807) is 22.8 Å². The second-order valence-corrected chi connectivity index (χ2v) is 9.83. The SMILES string of the molecule is CC[C@H](Sc1nc2ccsc2c(=O)n1CCC(C)C)C(=O)Nc1ccc2c(c1)OCO2. The first kappa shape index (κ1) is 21.7. The number of fused-ring (bicyclic) bond motifs is 2. The number of carbonyl (C=O) groups excluding carboxylic acids is 1. The Labute approximate surface area is 188 Å². The van der Waals surface area contributed by atoms with Crippen molar-refractivity contribution in [1.82, 2.24) is 9.55 Å². The number of rotatable bonds is 8. The summed E-state index contributed by atoms with van der Waals surface area (Å²) in [5.41, 5.74) is 1.30. The molecule has 164 valence electrons. The molecule has 0 fully saturated rings. The maximum Gasteiger partial charge on any atom is 0.272 e. The molecule has 3 heterocycles. The molecule has 4 rings (SSSR count). The first-order valence-corrected chi connectivity index (χ1v) is 12.1. The lowest BCUT2D eigenvalue weighted by Crippen LogP contribution is -2.28. The van der Waals surface area contributed by atoms with Crippen LogP contribution < -0.4 is 20.3 Å². The van der Waals surface area contributed by atoms with E-state index in [9.17, 15) is 9.59 Å². The van der Waals surface area contributed by atoms with E-state index in [0.29, 0.717) is 51.4 Å². The Morgan fingerprint density at radius 2 is 2.10 bits per heavy atom. The Bertz CT molecular complexity index is 1160. The molecule has 9 heteroatoms. The van der Waals surface area contributed by atoms with E-state index >= 15 is 0 Å². The van der Waals surface area contributed by atoms with Crippen molar-refractivity contribution < 1.29 is 14.3 Å². The van der Waals surface area contributed by atoms with Gasteiger partial charge < -0.3 is 14.8 Å². The highest BCUT2D eigenvalue weighted by molar-refractivity contribution is 8.00. The van der Waals surface area contributed by atoms with Crippen molar-refractivity contribution >= 4 is 44.9 Å². The van der Waals surface area contributed by atoms with Gasteiger partial charge >= 0.3 is 0 Å². The lowest BCUT2D eigenvalue weighted by molar-refractivity contribution is -0.115. The van der Waals surface area contributed by atoms with Gasteiger partial charge in [-0.2, -0.15) is 0 Å². The van der Waals surface area contributed by atoms with Crippen molar-refractivity contribution in [2.75, 3.05) is 12.1 Å². The molecule has 1 amide bonds. The number of thiophene rings is 1. The summed E-state index contributed by atoms with van der Waals surface area (Å²) in [7, 11) is 0. The first-order valence-electron chi connectivity index (χ1n) is 10.3. The number of aromatic nitrogens is 2. The van der Waals surface area contributed by atoms with Crippen LogP contribution in [-0.2, 0) is 11.3 Å². The zero-order valence-corrected chi connectivity index (χ0v) is 19.3. The summed E-state index contributed by atoms with van der Waals surface area (Å²) in [6.45, 7) is 6.98. The Hall–Kier alpha value is -2.52. The van der Waals surface area contributed by atoms with Crippen LogP contribution in [0.15, 0.2) is 39.6 Å². The van der Waals surface area contributed by atoms with Crippen LogP contribution in [0.2, 0.25) is 0 Å². The van der Waals surface area contributed by atoms with Gasteiger partial charge in [-0.3, -0.25) is 14.2 Å². The molecule has 1 aliphatic heterocycles. The molecule has 1 atom stereocenters. The third kappa shape index (κ3) is 4.72. The first-order chi connectivity index (χ1) is 15.0. The maximum absolute atomic E-state index is 13.1. The van der Waals surface area contributed by atoms with E-state index in [-0.39, 0.29) is 18.3 Å². The molecule has 0 unspecified atom stereocenters. The van der Waals surface area contributed by atoms with Crippen molar-refractivity contribution in [3.63, 3.8) is 0 Å². The number of ether oxygens (including phenoxy) is 2. The van der Waals surface area contributed by atoms with E-state index < -0.39 is 5.25 Å². The van der Waals surface area contributed by atoms with E-state index in [1.165, 1.54) is 23.1 Å². The van der Waals surface area contributed by atoms with Gasteiger partial charge in [0.05, 0.1) is 10.8 Å². The van der Waals surface area contributed by atoms with Gasteiger partial charge in [-0.25, -0.2) is 4.98 Å². The summed E-state index contributed by atoms with van der Waals surface area (Å²) in [4.78, 5) is 30.8. The van der Waals surface area contributed by atoms with Crippen LogP contribution in [0.25, 0.3) is 10.2 Å². The number of hydrogen-bond donors (Lipinski definition) is 1. The van der Waals surface area contributed by atoms with Crippen molar-refractivity contribution in [3.05, 3.63) is 40.0 Å². The van der Waals surface area contributed by atoms with Crippen LogP contribution in [-0.4, -0.2) is 27.5 Å². The number of nitrogens with zero attached hydrogens (tertiary/aromatic N) is 2. The summed E-state index contributed by atoms with van der Waals surface area (Å²) in [6, 6.07) is 7.18. The molecule has 0 radical (unpaired) electrons. The molecule has 0 saturated carbocycles. The Balaban J connectivity index is 1.57. The second-order valence-electron chi connectivity index (χ2n) is 7.74. The summed E-state index contributed by atoms with van der Waals surface area (Å²) in [5, 5.41) is 5.03. The van der Waals surface area contributed by atoms with Gasteiger partial charge in [-0.1, -0.05) is 32.5 Å². The lowest BCUT2D eigenvalue weighted by Gasteiger charge is -2.18. The smallest absolute Gasteiger partial charge is 0.272 e. The number of anilines is 1. The molecule has 31 heavy (non-hydrogen) atoms. The minimum absolute atomic E-state index is 0.0332. The second kappa shape index (κ2) is 9.32. The predicted octanol–water partition coefficient (Wildman–Crippen LogP) is 4.74. The van der Waals surface area contributed by atoms with E-state index in [1.807, 2.05) is 18.4 Å². The number of benzene rings is 1. The van der Waals surface area contributed by atoms with Crippen molar-refractivity contribution in [2.45, 2.75) is 50.6 Å². The number of amides is 1. The minimum atomic E-state index is -0.390. The molecule has 2 aromatic heterocycles. The molecule has 0 bridgehead atoms. The van der Waals surface area contributed by atoms with Crippen LogP contribution in [0.1, 0.15) is 33.6 Å². The average Bonchev–Trinajstić information content (AvgIpc) is 3.40. The van der Waals surface area contributed by atoms with Crippen molar-refractivity contribution in [3.8, 4) is 11.5 Å². The van der Waals surface area contributed by atoms with Gasteiger partial charge in [-0.05, 0) is 42.3 Å². The molecule has 7 nitrogen and oxygen atoms in total. The third-order valence-electron chi connectivity index (χ3n) is 5.01. The predicted molar refractivity (Wildman–Crippen MR) is 124 cm³/mol. The highest BCUT2D eigenvalue weighted by atomic mass is 32.2. The van der Waals surface area contributed by atoms with Gasteiger partial charge in [-0.15, -0.1) is 11.3 Å². The topological polar surface area (TPSA) is 82.5 Å². The molecular formula is C22H25N3O4S2. The Morgan fingerprint density at radius 3 is 2.87 bits per heavy atom. The lowest BCUT2D eigenvalue weighted by atomic mass is 10.1.